The van der Waals surface area contributed by atoms with Gasteiger partial charge in [-0.2, -0.15) is 0 Å². The van der Waals surface area contributed by atoms with Crippen LogP contribution in [0.4, 0.5) is 8.78 Å². The monoisotopic (exact) mass is 408 g/mol. The molecule has 0 aromatic heterocycles. The Bertz CT molecular complexity index is 849. The van der Waals surface area contributed by atoms with E-state index in [-0.39, 0.29) is 11.5 Å². The predicted molar refractivity (Wildman–Crippen MR) is 107 cm³/mol. The molecule has 0 bridgehead atoms. The molecule has 4 nitrogen and oxygen atoms in total. The Labute approximate surface area is 166 Å². The fourth-order valence-electron chi connectivity index (χ4n) is 2.06. The summed E-state index contributed by atoms with van der Waals surface area (Å²) < 4.78 is 24.7. The van der Waals surface area contributed by atoms with E-state index < -0.39 is 17.4 Å². The van der Waals surface area contributed by atoms with E-state index in [4.69, 9.17) is 15.3 Å². The number of phenolic OH excluding ortho intramolecular Hbond substituents is 2. The van der Waals surface area contributed by atoms with Crippen LogP contribution in [0.5, 0.6) is 11.5 Å². The maximum absolute atomic E-state index is 12.4. The lowest BCUT2D eigenvalue weighted by atomic mass is 10.1. The second-order valence-electron chi connectivity index (χ2n) is 5.79. The standard InChI is InChI=1S/C7H6F2O.C7H8O2.C7H8OS/c1-4-2-5(8)7(10)6(9)3-4;1-5-3-2-4-6(8)7(5)9;1-9-7-5-3-2-4-6(7)8/h2-3,10H,1H3;3-4,8H,2H2,1H3;2-5,8H,1H3. The van der Waals surface area contributed by atoms with Crippen LogP contribution in [0.3, 0.4) is 0 Å². The predicted octanol–water partition coefficient (Wildman–Crippen LogP) is 5.44. The van der Waals surface area contributed by atoms with Crippen molar-refractivity contribution in [1.82, 2.24) is 0 Å². The zero-order valence-electron chi connectivity index (χ0n) is 15.7. The van der Waals surface area contributed by atoms with Gasteiger partial charge < -0.3 is 15.3 Å². The number of benzene rings is 2. The van der Waals surface area contributed by atoms with Crippen LogP contribution in [-0.2, 0) is 4.79 Å². The lowest BCUT2D eigenvalue weighted by Gasteiger charge is -2.03. The van der Waals surface area contributed by atoms with Crippen LogP contribution in [0.15, 0.2) is 64.8 Å². The van der Waals surface area contributed by atoms with Gasteiger partial charge in [0.2, 0.25) is 5.78 Å². The second kappa shape index (κ2) is 11.1. The van der Waals surface area contributed by atoms with Crippen LogP contribution in [0.1, 0.15) is 18.9 Å². The first-order chi connectivity index (χ1) is 13.2. The molecule has 2 aromatic rings. The second-order valence-corrected chi connectivity index (χ2v) is 6.64. The number of aliphatic hydroxyl groups excluding tert-OH is 1. The maximum Gasteiger partial charge on any atom is 0.222 e. The number of rotatable bonds is 1. The van der Waals surface area contributed by atoms with E-state index in [1.54, 1.807) is 37.8 Å². The number of thioether (sulfide) groups is 1. The Morgan fingerprint density at radius 2 is 1.54 bits per heavy atom. The van der Waals surface area contributed by atoms with Crippen molar-refractivity contribution < 1.29 is 28.9 Å². The van der Waals surface area contributed by atoms with E-state index in [0.29, 0.717) is 23.3 Å². The van der Waals surface area contributed by atoms with Crippen molar-refractivity contribution in [1.29, 1.82) is 0 Å². The minimum Gasteiger partial charge on any atom is -0.507 e. The number of hydrogen-bond acceptors (Lipinski definition) is 5. The van der Waals surface area contributed by atoms with Crippen LogP contribution in [-0.4, -0.2) is 27.4 Å². The van der Waals surface area contributed by atoms with Crippen LogP contribution in [0, 0.1) is 18.6 Å². The number of aliphatic hydroxyl groups is 1. The summed E-state index contributed by atoms with van der Waals surface area (Å²) >= 11 is 1.55. The lowest BCUT2D eigenvalue weighted by Crippen LogP contribution is -2.06. The molecule has 0 spiro atoms. The number of para-hydroxylation sites is 1. The van der Waals surface area contributed by atoms with Gasteiger partial charge in [-0.3, -0.25) is 4.79 Å². The van der Waals surface area contributed by atoms with Gasteiger partial charge in [-0.25, -0.2) is 8.78 Å². The Balaban J connectivity index is 0.000000210. The van der Waals surface area contributed by atoms with Gasteiger partial charge in [-0.05, 0) is 68.0 Å². The van der Waals surface area contributed by atoms with Gasteiger partial charge in [0, 0.05) is 4.90 Å². The summed E-state index contributed by atoms with van der Waals surface area (Å²) in [6.45, 7) is 3.25. The van der Waals surface area contributed by atoms with E-state index in [9.17, 15) is 13.6 Å². The average Bonchev–Trinajstić information content (AvgIpc) is 2.65. The number of ketones is 1. The van der Waals surface area contributed by atoms with E-state index in [1.165, 1.54) is 6.08 Å². The zero-order valence-corrected chi connectivity index (χ0v) is 16.6. The third-order valence-corrected chi connectivity index (χ3v) is 4.36. The van der Waals surface area contributed by atoms with Gasteiger partial charge in [0.15, 0.2) is 23.1 Å². The largest absolute Gasteiger partial charge is 0.507 e. The van der Waals surface area contributed by atoms with Gasteiger partial charge in [-0.1, -0.05) is 18.2 Å². The normalized spacial score (nSPS) is 12.7. The highest BCUT2D eigenvalue weighted by Crippen LogP contribution is 2.24. The molecule has 0 amide bonds. The number of allylic oxidation sites excluding steroid dienone is 3. The first-order valence-corrected chi connectivity index (χ1v) is 9.47. The summed E-state index contributed by atoms with van der Waals surface area (Å²) in [5.74, 6) is -2.75. The third kappa shape index (κ3) is 7.08. The molecule has 0 fully saturated rings. The molecule has 7 heteroatoms. The fraction of sp³-hybridized carbons (Fsp3) is 0.190. The summed E-state index contributed by atoms with van der Waals surface area (Å²) in [5, 5.41) is 26.5. The molecule has 1 aliphatic carbocycles. The molecule has 0 atom stereocenters. The highest BCUT2D eigenvalue weighted by molar-refractivity contribution is 7.98. The number of hydrogen-bond donors (Lipinski definition) is 3. The van der Waals surface area contributed by atoms with Crippen LogP contribution >= 0.6 is 11.8 Å². The molecule has 2 aromatic carbocycles. The zero-order chi connectivity index (χ0) is 21.3. The van der Waals surface area contributed by atoms with Gasteiger partial charge in [0.05, 0.1) is 0 Å². The molecular weight excluding hydrogens is 386 g/mol. The van der Waals surface area contributed by atoms with Crippen molar-refractivity contribution in [2.24, 2.45) is 0 Å². The molecule has 3 N–H and O–H groups in total. The smallest absolute Gasteiger partial charge is 0.222 e. The Morgan fingerprint density at radius 3 is 1.96 bits per heavy atom. The van der Waals surface area contributed by atoms with Gasteiger partial charge in [0.25, 0.3) is 0 Å². The molecule has 0 unspecified atom stereocenters. The number of Topliss-reactive ketones (excluding diaryl/α,β-unsaturated/α-hetero) is 1. The molecule has 1 aliphatic rings. The van der Waals surface area contributed by atoms with E-state index in [2.05, 4.69) is 0 Å². The molecule has 0 heterocycles. The number of aromatic hydroxyl groups is 2. The number of aryl methyl sites for hydroxylation is 1. The van der Waals surface area contributed by atoms with Crippen LogP contribution < -0.4 is 0 Å². The molecule has 0 saturated heterocycles. The van der Waals surface area contributed by atoms with Gasteiger partial charge >= 0.3 is 0 Å². The Morgan fingerprint density at radius 1 is 0.964 bits per heavy atom. The molecule has 0 aliphatic heterocycles. The highest BCUT2D eigenvalue weighted by Gasteiger charge is 2.11. The van der Waals surface area contributed by atoms with Crippen molar-refractivity contribution in [3.05, 3.63) is 77.1 Å². The number of halogens is 2. The summed E-state index contributed by atoms with van der Waals surface area (Å²) in [6.07, 6.45) is 5.91. The van der Waals surface area contributed by atoms with E-state index in [0.717, 1.165) is 17.0 Å². The minimum absolute atomic E-state index is 0.116. The number of carbonyl (C=O) groups excluding carboxylic acids is 1. The first kappa shape index (κ1) is 23.2. The number of carbonyl (C=O) groups is 1. The van der Waals surface area contributed by atoms with Crippen LogP contribution in [0.2, 0.25) is 0 Å². The summed E-state index contributed by atoms with van der Waals surface area (Å²) in [6, 6.07) is 9.43. The van der Waals surface area contributed by atoms with Crippen molar-refractivity contribution >= 4 is 17.5 Å². The fourth-order valence-corrected chi connectivity index (χ4v) is 2.55. The van der Waals surface area contributed by atoms with Crippen LogP contribution in [0.25, 0.3) is 0 Å². The summed E-state index contributed by atoms with van der Waals surface area (Å²) in [4.78, 5) is 11.7. The minimum atomic E-state index is -0.919. The highest BCUT2D eigenvalue weighted by atomic mass is 32.2. The van der Waals surface area contributed by atoms with Gasteiger partial charge in [-0.15, -0.1) is 11.8 Å². The summed E-state index contributed by atoms with van der Waals surface area (Å²) in [5.41, 5.74) is 1.09. The van der Waals surface area contributed by atoms with E-state index in [1.807, 2.05) is 24.5 Å². The summed E-state index contributed by atoms with van der Waals surface area (Å²) in [7, 11) is 0. The molecular formula is C21H22F2O4S. The molecule has 0 saturated carbocycles. The molecule has 150 valence electrons. The third-order valence-electron chi connectivity index (χ3n) is 3.57. The number of phenols is 2. The van der Waals surface area contributed by atoms with Crippen molar-refractivity contribution in [2.45, 2.75) is 25.2 Å². The first-order valence-electron chi connectivity index (χ1n) is 8.24. The Hall–Kier alpha value is -2.80. The topological polar surface area (TPSA) is 77.8 Å². The van der Waals surface area contributed by atoms with Gasteiger partial charge in [0.1, 0.15) is 5.75 Å². The Kier molecular flexibility index (Phi) is 9.24. The lowest BCUT2D eigenvalue weighted by molar-refractivity contribution is -0.114. The van der Waals surface area contributed by atoms with Crippen molar-refractivity contribution in [3.63, 3.8) is 0 Å². The van der Waals surface area contributed by atoms with Crippen molar-refractivity contribution in [2.75, 3.05) is 6.26 Å². The quantitative estimate of drug-likeness (QED) is 0.548. The average molecular weight is 408 g/mol. The molecule has 28 heavy (non-hydrogen) atoms. The molecule has 0 radical (unpaired) electrons. The maximum atomic E-state index is 12.4. The SMILES string of the molecule is CC1=CCC=C(O)C1=O.CSc1ccccc1O.Cc1cc(F)c(O)c(F)c1. The molecule has 3 rings (SSSR count). The van der Waals surface area contributed by atoms with E-state index >= 15 is 0 Å². The van der Waals surface area contributed by atoms with Crippen molar-refractivity contribution in [3.8, 4) is 11.5 Å².